The molecule has 0 fully saturated rings. The second-order valence-corrected chi connectivity index (χ2v) is 11.6. The number of methoxy groups -OCH3 is 2. The highest BCUT2D eigenvalue weighted by Crippen LogP contribution is 2.41. The second-order valence-electron chi connectivity index (χ2n) is 9.91. The van der Waals surface area contributed by atoms with Crippen LogP contribution in [0.5, 0.6) is 23.1 Å². The lowest BCUT2D eigenvalue weighted by Gasteiger charge is -2.20. The summed E-state index contributed by atoms with van der Waals surface area (Å²) in [7, 11) is -1.46. The molecule has 220 valence electrons. The monoisotopic (exact) mass is 593 g/mol. The Morgan fingerprint density at radius 3 is 2.17 bits per heavy atom. The van der Waals surface area contributed by atoms with E-state index in [-0.39, 0.29) is 58.2 Å². The number of rotatable bonds is 11. The molecule has 13 heteroatoms. The van der Waals surface area contributed by atoms with Gasteiger partial charge in [0.25, 0.3) is 15.9 Å². The standard InChI is InChI=1S/C29H31N5O7S/c1-29(2,3)19-11-13-20(14-12-19)42(36,37)34-25-24(41-22-10-7-6-9-21(22)38-4)28(40-18-15-23(35)39-5)33-27(32-25)26-30-16-8-17-31-26/h6-14,16-17H,15,18H2,1-5H3,(H,32,33,34). The maximum absolute atomic E-state index is 13.6. The number of benzene rings is 2. The van der Waals surface area contributed by atoms with Gasteiger partial charge in [-0.25, -0.2) is 23.4 Å². The summed E-state index contributed by atoms with van der Waals surface area (Å²) in [5.74, 6) is -0.429. The number of esters is 1. The van der Waals surface area contributed by atoms with E-state index in [2.05, 4.69) is 24.7 Å². The third-order valence-electron chi connectivity index (χ3n) is 5.92. The maximum Gasteiger partial charge on any atom is 0.308 e. The van der Waals surface area contributed by atoms with Crippen LogP contribution in [0.15, 0.2) is 71.9 Å². The van der Waals surface area contributed by atoms with Crippen LogP contribution in [0, 0.1) is 0 Å². The molecule has 12 nitrogen and oxygen atoms in total. The van der Waals surface area contributed by atoms with Crippen LogP contribution >= 0.6 is 0 Å². The van der Waals surface area contributed by atoms with Gasteiger partial charge in [0.2, 0.25) is 11.6 Å². The van der Waals surface area contributed by atoms with Crippen molar-refractivity contribution >= 4 is 21.8 Å². The normalized spacial score (nSPS) is 11.5. The molecule has 0 aliphatic heterocycles. The van der Waals surface area contributed by atoms with Gasteiger partial charge in [-0.2, -0.15) is 4.98 Å². The van der Waals surface area contributed by atoms with Gasteiger partial charge < -0.3 is 18.9 Å². The number of hydrogen-bond acceptors (Lipinski definition) is 11. The van der Waals surface area contributed by atoms with Crippen molar-refractivity contribution in [3.8, 4) is 34.8 Å². The summed E-state index contributed by atoms with van der Waals surface area (Å²) in [6.07, 6.45) is 2.87. The molecule has 0 aliphatic rings. The average molecular weight is 594 g/mol. The van der Waals surface area contributed by atoms with Gasteiger partial charge in [-0.05, 0) is 41.3 Å². The predicted molar refractivity (Wildman–Crippen MR) is 154 cm³/mol. The molecule has 0 saturated carbocycles. The minimum atomic E-state index is -4.18. The van der Waals surface area contributed by atoms with Crippen molar-refractivity contribution < 1.29 is 32.2 Å². The summed E-state index contributed by atoms with van der Waals surface area (Å²) in [4.78, 5) is 28.9. The van der Waals surface area contributed by atoms with Crippen LogP contribution in [-0.4, -0.2) is 55.1 Å². The van der Waals surface area contributed by atoms with Crippen molar-refractivity contribution in [2.45, 2.75) is 37.5 Å². The van der Waals surface area contributed by atoms with Gasteiger partial charge in [0, 0.05) is 12.4 Å². The molecular weight excluding hydrogens is 562 g/mol. The van der Waals surface area contributed by atoms with E-state index in [1.54, 1.807) is 42.5 Å². The van der Waals surface area contributed by atoms with Crippen molar-refractivity contribution in [2.24, 2.45) is 0 Å². The number of carbonyl (C=O) groups is 1. The number of nitrogens with zero attached hydrogens (tertiary/aromatic N) is 4. The lowest BCUT2D eigenvalue weighted by Crippen LogP contribution is -2.17. The Bertz CT molecular complexity index is 1640. The Kier molecular flexibility index (Phi) is 9.21. The molecule has 1 N–H and O–H groups in total. The number of hydrogen-bond donors (Lipinski definition) is 1. The molecule has 2 aromatic heterocycles. The molecule has 0 radical (unpaired) electrons. The molecule has 2 aromatic carbocycles. The van der Waals surface area contributed by atoms with E-state index in [0.29, 0.717) is 5.75 Å². The summed E-state index contributed by atoms with van der Waals surface area (Å²) in [6.45, 7) is 5.95. The number of ether oxygens (including phenoxy) is 4. The first kappa shape index (κ1) is 30.2. The minimum Gasteiger partial charge on any atom is -0.493 e. The number of para-hydroxylation sites is 2. The number of nitrogens with one attached hydrogen (secondary N) is 1. The van der Waals surface area contributed by atoms with E-state index < -0.39 is 16.0 Å². The maximum atomic E-state index is 13.6. The van der Waals surface area contributed by atoms with Crippen LogP contribution < -0.4 is 18.9 Å². The second kappa shape index (κ2) is 12.8. The van der Waals surface area contributed by atoms with Crippen LogP contribution in [0.2, 0.25) is 0 Å². The summed E-state index contributed by atoms with van der Waals surface area (Å²) in [5.41, 5.74) is 0.799. The first-order valence-electron chi connectivity index (χ1n) is 12.8. The summed E-state index contributed by atoms with van der Waals surface area (Å²) in [6, 6.07) is 14.9. The van der Waals surface area contributed by atoms with Gasteiger partial charge in [0.15, 0.2) is 23.1 Å². The number of sulfonamides is 1. The zero-order chi connectivity index (χ0) is 30.3. The van der Waals surface area contributed by atoms with Gasteiger partial charge in [0.05, 0.1) is 25.5 Å². The Balaban J connectivity index is 1.85. The van der Waals surface area contributed by atoms with Crippen LogP contribution in [0.1, 0.15) is 32.8 Å². The molecule has 0 saturated heterocycles. The first-order chi connectivity index (χ1) is 20.0. The SMILES string of the molecule is COC(=O)CCOc1nc(-c2ncccn2)nc(NS(=O)(=O)c2ccc(C(C)(C)C)cc2)c1Oc1ccccc1OC. The lowest BCUT2D eigenvalue weighted by molar-refractivity contribution is -0.141. The Hall–Kier alpha value is -4.78. The Morgan fingerprint density at radius 1 is 0.881 bits per heavy atom. The minimum absolute atomic E-state index is 0.00280. The molecule has 0 unspecified atom stereocenters. The highest BCUT2D eigenvalue weighted by molar-refractivity contribution is 7.92. The average Bonchev–Trinajstić information content (AvgIpc) is 2.98. The van der Waals surface area contributed by atoms with Gasteiger partial charge in [0.1, 0.15) is 6.61 Å². The smallest absolute Gasteiger partial charge is 0.308 e. The van der Waals surface area contributed by atoms with Gasteiger partial charge in [-0.15, -0.1) is 0 Å². The predicted octanol–water partition coefficient (Wildman–Crippen LogP) is 4.77. The van der Waals surface area contributed by atoms with Crippen molar-refractivity contribution in [3.05, 3.63) is 72.6 Å². The molecular formula is C29H31N5O7S. The number of carbonyl (C=O) groups excluding carboxylic acids is 1. The van der Waals surface area contributed by atoms with Crippen LogP contribution in [0.4, 0.5) is 5.82 Å². The van der Waals surface area contributed by atoms with Crippen LogP contribution in [-0.2, 0) is 25.0 Å². The molecule has 2 heterocycles. The lowest BCUT2D eigenvalue weighted by atomic mass is 9.87. The third kappa shape index (κ3) is 7.29. The van der Waals surface area contributed by atoms with Gasteiger partial charge >= 0.3 is 5.97 Å². The molecule has 0 atom stereocenters. The number of anilines is 1. The van der Waals surface area contributed by atoms with Crippen LogP contribution in [0.3, 0.4) is 0 Å². The molecule has 42 heavy (non-hydrogen) atoms. The van der Waals surface area contributed by atoms with Crippen molar-refractivity contribution in [3.63, 3.8) is 0 Å². The topological polar surface area (TPSA) is 152 Å². The Morgan fingerprint density at radius 2 is 1.55 bits per heavy atom. The van der Waals surface area contributed by atoms with Crippen molar-refractivity contribution in [1.82, 2.24) is 19.9 Å². The summed E-state index contributed by atoms with van der Waals surface area (Å²) < 4.78 is 51.8. The van der Waals surface area contributed by atoms with E-state index in [0.717, 1.165) is 5.56 Å². The van der Waals surface area contributed by atoms with Crippen molar-refractivity contribution in [1.29, 1.82) is 0 Å². The highest BCUT2D eigenvalue weighted by atomic mass is 32.2. The molecule has 0 aliphatic carbocycles. The molecule has 4 aromatic rings. The fraction of sp³-hybridized carbons (Fsp3) is 0.276. The molecule has 0 amide bonds. The Labute approximate surface area is 244 Å². The third-order valence-corrected chi connectivity index (χ3v) is 7.27. The number of aromatic nitrogens is 4. The largest absolute Gasteiger partial charge is 0.493 e. The zero-order valence-electron chi connectivity index (χ0n) is 23.8. The zero-order valence-corrected chi connectivity index (χ0v) is 24.6. The summed E-state index contributed by atoms with van der Waals surface area (Å²) in [5, 5.41) is 0. The summed E-state index contributed by atoms with van der Waals surface area (Å²) >= 11 is 0. The van der Waals surface area contributed by atoms with E-state index in [1.165, 1.54) is 38.7 Å². The van der Waals surface area contributed by atoms with E-state index in [4.69, 9.17) is 18.9 Å². The van der Waals surface area contributed by atoms with Gasteiger partial charge in [-0.3, -0.25) is 9.52 Å². The molecule has 0 spiro atoms. The van der Waals surface area contributed by atoms with E-state index >= 15 is 0 Å². The van der Waals surface area contributed by atoms with Crippen molar-refractivity contribution in [2.75, 3.05) is 25.5 Å². The van der Waals surface area contributed by atoms with Crippen LogP contribution in [0.25, 0.3) is 11.6 Å². The van der Waals surface area contributed by atoms with Gasteiger partial charge in [-0.1, -0.05) is 45.0 Å². The molecule has 0 bridgehead atoms. The first-order valence-corrected chi connectivity index (χ1v) is 14.3. The fourth-order valence-electron chi connectivity index (χ4n) is 3.67. The quantitative estimate of drug-likeness (QED) is 0.239. The van der Waals surface area contributed by atoms with E-state index in [1.807, 2.05) is 20.8 Å². The highest BCUT2D eigenvalue weighted by Gasteiger charge is 2.26. The van der Waals surface area contributed by atoms with E-state index in [9.17, 15) is 13.2 Å². The molecule has 4 rings (SSSR count). The fourth-order valence-corrected chi connectivity index (χ4v) is 4.68.